The lowest BCUT2D eigenvalue weighted by Crippen LogP contribution is -2.17. The predicted octanol–water partition coefficient (Wildman–Crippen LogP) is 8.84. The van der Waals surface area contributed by atoms with Crippen molar-refractivity contribution in [3.05, 3.63) is 70.3 Å². The maximum atomic E-state index is 12.3. The summed E-state index contributed by atoms with van der Waals surface area (Å²) in [5.74, 6) is 0. The summed E-state index contributed by atoms with van der Waals surface area (Å²) in [6.07, 6.45) is 4.02. The largest absolute Gasteiger partial charge is 0.333 e. The molecule has 0 saturated carbocycles. The third kappa shape index (κ3) is 6.25. The maximum Gasteiger partial charge on any atom is 0.193 e. The van der Waals surface area contributed by atoms with Crippen LogP contribution in [0.3, 0.4) is 0 Å². The van der Waals surface area contributed by atoms with Crippen LogP contribution in [-0.2, 0) is 9.13 Å². The minimum atomic E-state index is -2.31. The van der Waals surface area contributed by atoms with Gasteiger partial charge in [0.05, 0.1) is 0 Å². The molecule has 1 N–H and O–H groups in total. The Morgan fingerprint density at radius 1 is 0.742 bits per heavy atom. The van der Waals surface area contributed by atoms with E-state index < -0.39 is 14.6 Å². The summed E-state index contributed by atoms with van der Waals surface area (Å²) in [4.78, 5) is 0. The van der Waals surface area contributed by atoms with Crippen LogP contribution in [0.4, 0.5) is 11.4 Å². The number of hydrogen-bond acceptors (Lipinski definition) is 2. The molecule has 4 nitrogen and oxygen atoms in total. The van der Waals surface area contributed by atoms with Crippen molar-refractivity contribution in [3.8, 4) is 0 Å². The molecule has 4 rings (SSSR count). The lowest BCUT2D eigenvalue weighted by Gasteiger charge is -2.32. The molecule has 0 bridgehead atoms. The van der Waals surface area contributed by atoms with E-state index in [0.717, 1.165) is 33.1 Å². The Morgan fingerprint density at radius 3 is 1.84 bits per heavy atom. The minimum absolute atomic E-state index is 0.936. The quantitative estimate of drug-likeness (QED) is 0.399. The van der Waals surface area contributed by atoms with Gasteiger partial charge < -0.3 is 9.76 Å². The van der Waals surface area contributed by atoms with E-state index in [4.69, 9.17) is 0 Å². The molecule has 2 aliphatic heterocycles. The number of benzene rings is 2. The van der Waals surface area contributed by atoms with Crippen LogP contribution in [0.25, 0.3) is 12.2 Å². The number of nitrogens with one attached hydrogen (secondary N) is 1. The van der Waals surface area contributed by atoms with Gasteiger partial charge in [-0.15, -0.1) is 0 Å². The number of anilines is 2. The fourth-order valence-corrected chi connectivity index (χ4v) is 5.75. The van der Waals surface area contributed by atoms with Gasteiger partial charge in [0.25, 0.3) is 0 Å². The van der Waals surface area contributed by atoms with Gasteiger partial charge in [0.15, 0.2) is 14.6 Å². The van der Waals surface area contributed by atoms with Crippen LogP contribution in [0.15, 0.2) is 59.2 Å². The molecule has 2 aromatic carbocycles. The molecule has 0 aromatic heterocycles. The molecule has 0 aliphatic carbocycles. The van der Waals surface area contributed by atoms with Gasteiger partial charge in [-0.25, -0.2) is 0 Å². The highest BCUT2D eigenvalue weighted by Gasteiger charge is 2.29. The highest BCUT2D eigenvalue weighted by Crippen LogP contribution is 2.58. The number of para-hydroxylation sites is 2. The number of hydrogen-bond donors (Lipinski definition) is 1. The van der Waals surface area contributed by atoms with Gasteiger partial charge in [-0.1, -0.05) is 64.1 Å². The molecule has 2 heterocycles. The molecular weight excluding hydrogens is 422 g/mol. The summed E-state index contributed by atoms with van der Waals surface area (Å²) in [5.41, 5.74) is 4.30. The van der Waals surface area contributed by atoms with Crippen molar-refractivity contribution < 1.29 is 9.13 Å². The second kappa shape index (κ2) is 11.6. The van der Waals surface area contributed by atoms with Crippen LogP contribution < -0.4 is 9.76 Å². The Labute approximate surface area is 189 Å². The average molecular weight is 461 g/mol. The first kappa shape index (κ1) is 27.0. The number of nitrogens with zero attached hydrogens (tertiary/aromatic N) is 1. The van der Waals surface area contributed by atoms with Crippen molar-refractivity contribution in [3.63, 3.8) is 0 Å². The topological polar surface area (TPSA) is 49.4 Å². The van der Waals surface area contributed by atoms with Crippen molar-refractivity contribution >= 4 is 38.1 Å². The molecular formula is C25H38N2O2P2. The zero-order valence-electron chi connectivity index (χ0n) is 20.4. The van der Waals surface area contributed by atoms with E-state index in [-0.39, 0.29) is 0 Å². The number of rotatable bonds is 0. The molecule has 0 fully saturated rings. The highest BCUT2D eigenvalue weighted by molar-refractivity contribution is 7.69. The normalized spacial score (nSPS) is 22.8. The molecule has 0 spiro atoms. The fraction of sp³-hybridized carbons (Fsp3) is 0.360. The molecule has 170 valence electrons. The van der Waals surface area contributed by atoms with E-state index >= 15 is 0 Å². The third-order valence-electron chi connectivity index (χ3n) is 5.21. The zero-order chi connectivity index (χ0) is 23.8. The van der Waals surface area contributed by atoms with Crippen molar-refractivity contribution in [2.75, 3.05) is 30.1 Å². The lowest BCUT2D eigenvalue weighted by molar-refractivity contribution is 0.581. The first-order chi connectivity index (χ1) is 14.6. The van der Waals surface area contributed by atoms with Crippen molar-refractivity contribution in [2.24, 2.45) is 0 Å². The van der Waals surface area contributed by atoms with Gasteiger partial charge >= 0.3 is 0 Å². The minimum Gasteiger partial charge on any atom is -0.333 e. The SMILES string of the molecule is CC.CC.CC1=Cc2ccccc2N(C)P1(C)=O.CC1=Cc2ccccc2NP1(C)=O. The van der Waals surface area contributed by atoms with Crippen molar-refractivity contribution in [1.82, 2.24) is 0 Å². The summed E-state index contributed by atoms with van der Waals surface area (Å²) < 4.78 is 26.2. The van der Waals surface area contributed by atoms with Gasteiger partial charge in [-0.05, 0) is 49.3 Å². The Balaban J connectivity index is 0.000000268. The summed E-state index contributed by atoms with van der Waals surface area (Å²) in [7, 11) is -2.71. The number of allylic oxidation sites excluding steroid dienone is 2. The second-order valence-electron chi connectivity index (χ2n) is 7.16. The van der Waals surface area contributed by atoms with E-state index in [0.29, 0.717) is 0 Å². The molecule has 2 unspecified atom stereocenters. The van der Waals surface area contributed by atoms with E-state index in [1.54, 1.807) is 6.66 Å². The van der Waals surface area contributed by atoms with Gasteiger partial charge in [-0.3, -0.25) is 9.13 Å². The molecule has 2 aliphatic rings. The third-order valence-corrected chi connectivity index (χ3v) is 10.1. The molecule has 2 atom stereocenters. The molecule has 2 aromatic rings. The van der Waals surface area contributed by atoms with E-state index in [2.05, 4.69) is 11.2 Å². The van der Waals surface area contributed by atoms with Crippen LogP contribution in [0.5, 0.6) is 0 Å². The van der Waals surface area contributed by atoms with Crippen molar-refractivity contribution in [2.45, 2.75) is 41.5 Å². The first-order valence-electron chi connectivity index (χ1n) is 10.9. The smallest absolute Gasteiger partial charge is 0.193 e. The summed E-state index contributed by atoms with van der Waals surface area (Å²) >= 11 is 0. The molecule has 31 heavy (non-hydrogen) atoms. The van der Waals surface area contributed by atoms with Gasteiger partial charge in [0.2, 0.25) is 0 Å². The predicted molar refractivity (Wildman–Crippen MR) is 142 cm³/mol. The fourth-order valence-electron chi connectivity index (χ4n) is 3.08. The number of fused-ring (bicyclic) bond motifs is 2. The Hall–Kier alpha value is -2.02. The monoisotopic (exact) mass is 460 g/mol. The van der Waals surface area contributed by atoms with E-state index in [1.807, 2.05) is 115 Å². The highest BCUT2D eigenvalue weighted by atomic mass is 31.2. The Kier molecular flexibility index (Phi) is 10.1. The zero-order valence-corrected chi connectivity index (χ0v) is 22.2. The molecule has 0 saturated heterocycles. The van der Waals surface area contributed by atoms with Crippen LogP contribution in [-0.4, -0.2) is 20.4 Å². The summed E-state index contributed by atoms with van der Waals surface area (Å²) in [5, 5.41) is 4.98. The maximum absolute atomic E-state index is 12.3. The molecule has 0 radical (unpaired) electrons. The first-order valence-corrected chi connectivity index (χ1v) is 15.1. The average Bonchev–Trinajstić information content (AvgIpc) is 2.76. The van der Waals surface area contributed by atoms with Crippen LogP contribution in [0.2, 0.25) is 0 Å². The van der Waals surface area contributed by atoms with Gasteiger partial charge in [-0.2, -0.15) is 0 Å². The van der Waals surface area contributed by atoms with Crippen molar-refractivity contribution in [1.29, 1.82) is 0 Å². The molecule has 0 amide bonds. The van der Waals surface area contributed by atoms with E-state index in [1.165, 1.54) is 0 Å². The molecule has 6 heteroatoms. The lowest BCUT2D eigenvalue weighted by atomic mass is 10.1. The van der Waals surface area contributed by atoms with Crippen LogP contribution >= 0.6 is 14.6 Å². The van der Waals surface area contributed by atoms with Crippen LogP contribution in [0.1, 0.15) is 52.7 Å². The summed E-state index contributed by atoms with van der Waals surface area (Å²) in [6, 6.07) is 15.9. The Bertz CT molecular complexity index is 1040. The van der Waals surface area contributed by atoms with Gasteiger partial charge in [0.1, 0.15) is 0 Å². The van der Waals surface area contributed by atoms with Crippen LogP contribution in [0, 0.1) is 0 Å². The van der Waals surface area contributed by atoms with E-state index in [9.17, 15) is 9.13 Å². The standard InChI is InChI=1S/C11H14NOP.C10H12NOP.2C2H6/c1-9-8-10-6-4-5-7-11(10)12(2)14(9,3)13;1-8-7-9-5-3-4-6-10(9)11-13(8,2)12;2*1-2/h4-8H,1-3H3;3-7H,1-2H3,(H,11,12);2*1-2H3. The second-order valence-corrected chi connectivity index (χ2v) is 13.0. The Morgan fingerprint density at radius 2 is 1.23 bits per heavy atom. The summed E-state index contributed by atoms with van der Waals surface area (Å²) in [6.45, 7) is 15.4. The van der Waals surface area contributed by atoms with Gasteiger partial charge in [0, 0.05) is 42.4 Å².